The number of rotatable bonds is 17. The Hall–Kier alpha value is -19.3. The summed E-state index contributed by atoms with van der Waals surface area (Å²) in [6, 6.07) is 190. The van der Waals surface area contributed by atoms with Crippen molar-refractivity contribution in [1.82, 2.24) is 0 Å². The molecule has 0 atom stereocenters. The van der Waals surface area contributed by atoms with Crippen LogP contribution in [-0.2, 0) is 10.8 Å². The van der Waals surface area contributed by atoms with E-state index in [1.165, 1.54) is 0 Å². The SMILES string of the molecule is Cc1ccc(N(c2cc3c(c4ccccc24)-c2c(cc(N(c4ccc(C)cc4)c4cccc5oc6ccccc6c45)c4ccccc24)C3(c2ccccc2)c2cccc(-c3ccc4c(N(c5ccccc5)c5ccc6c(c5)oc5ccccc56)cc5c(c4c3)-c3c(cc(N(c4ccccc4)c4ccc6c(c4)oc4ccccc46)c4ccccc34)C5(c3ccccc3)c3ccccc3)c2)c2cccc3oc4ccccc4c23)cc1. The minimum atomic E-state index is -1.13. The van der Waals surface area contributed by atoms with Crippen LogP contribution in [0, 0.1) is 13.8 Å². The molecule has 0 N–H and O–H groups in total. The zero-order valence-electron chi connectivity index (χ0n) is 80.9. The van der Waals surface area contributed by atoms with Gasteiger partial charge < -0.3 is 37.3 Å². The fourth-order valence-corrected chi connectivity index (χ4v) is 25.3. The second-order valence-corrected chi connectivity index (χ2v) is 39.6. The zero-order valence-corrected chi connectivity index (χ0v) is 80.9. The van der Waals surface area contributed by atoms with Gasteiger partial charge in [-0.2, -0.15) is 0 Å². The third-order valence-corrected chi connectivity index (χ3v) is 31.6. The largest absolute Gasteiger partial charge is 0.456 e. The Morgan fingerprint density at radius 1 is 0.155 bits per heavy atom. The van der Waals surface area contributed by atoms with E-state index < -0.39 is 10.8 Å². The van der Waals surface area contributed by atoms with Crippen molar-refractivity contribution in [2.75, 3.05) is 19.6 Å². The summed E-state index contributed by atoms with van der Waals surface area (Å²) < 4.78 is 27.7. The van der Waals surface area contributed by atoms with Gasteiger partial charge in [-0.25, -0.2) is 0 Å². The zero-order chi connectivity index (χ0) is 97.6. The Morgan fingerprint density at radius 3 is 0.831 bits per heavy atom. The highest BCUT2D eigenvalue weighted by Gasteiger charge is 2.52. The van der Waals surface area contributed by atoms with Gasteiger partial charge in [0, 0.05) is 100 Å². The Labute approximate surface area is 853 Å². The molecule has 0 saturated heterocycles. The average Bonchev–Trinajstić information content (AvgIpc) is 1.51. The monoisotopic (exact) mass is 1890 g/mol. The molecule has 0 amide bonds. The van der Waals surface area contributed by atoms with Crippen molar-refractivity contribution in [2.45, 2.75) is 24.7 Å². The lowest BCUT2D eigenvalue weighted by molar-refractivity contribution is 0.668. The molecule has 0 spiro atoms. The van der Waals surface area contributed by atoms with E-state index in [0.717, 1.165) is 288 Å². The first-order chi connectivity index (χ1) is 73.2. The van der Waals surface area contributed by atoms with Gasteiger partial charge in [0.2, 0.25) is 0 Å². The van der Waals surface area contributed by atoms with E-state index in [9.17, 15) is 0 Å². The van der Waals surface area contributed by atoms with Crippen molar-refractivity contribution in [3.05, 3.63) is 565 Å². The molecule has 0 bridgehead atoms. The summed E-state index contributed by atoms with van der Waals surface area (Å²) in [6.07, 6.45) is 0. The van der Waals surface area contributed by atoms with Gasteiger partial charge in [-0.3, -0.25) is 0 Å². The fourth-order valence-electron chi connectivity index (χ4n) is 25.3. The Balaban J connectivity index is 0.732. The van der Waals surface area contributed by atoms with Gasteiger partial charge in [0.1, 0.15) is 44.7 Å². The minimum Gasteiger partial charge on any atom is -0.456 e. The van der Waals surface area contributed by atoms with Gasteiger partial charge in [0.25, 0.3) is 0 Å². The van der Waals surface area contributed by atoms with Crippen LogP contribution in [0.25, 0.3) is 164 Å². The van der Waals surface area contributed by atoms with Gasteiger partial charge in [-0.1, -0.05) is 351 Å². The molecule has 4 aromatic heterocycles. The molecule has 0 fully saturated rings. The summed E-state index contributed by atoms with van der Waals surface area (Å²) >= 11 is 0. The molecule has 0 saturated carbocycles. The molecule has 0 radical (unpaired) electrons. The minimum absolute atomic E-state index is 0.798. The molecule has 694 valence electrons. The lowest BCUT2D eigenvalue weighted by Gasteiger charge is -2.37. The molecule has 2 aliphatic rings. The maximum absolute atomic E-state index is 6.98. The van der Waals surface area contributed by atoms with E-state index in [-0.39, 0.29) is 0 Å². The standard InChI is InChI=1S/C140H90N4O4/c1-87-65-70-97(71-66-87)143(119-57-33-63-129-137(119)112-55-26-30-61-127(112)145-129)123-85-116-133(110-53-22-19-48-102(110)123)134-111-54-23-20-49-103(111)124(144(98-72-67-88(2)68-73-98)120-58-34-64-130-138(120)113-56-27-31-62-128(113)146-130)86-117(134)140(116,93-40-12-5-13-41-93)94-42-32-35-89(79-94)90-69-76-104-114(80-90)136-118(84-122(104)142(96-45-16-7-17-46-96)100-75-78-108-106-51-25-29-60-126(106)148-132(108)82-100)139(91-36-8-3-9-37-91,92-38-10-4-11-39-92)115-83-121(101-47-18-21-52-109(101)135(115)136)141(95-43-14-6-15-44-95)99-74-77-107-105-50-24-28-59-125(105)147-131(107)81-99/h3-86H,1-2H3. The Morgan fingerprint density at radius 2 is 0.426 bits per heavy atom. The lowest BCUT2D eigenvalue weighted by Crippen LogP contribution is -2.29. The maximum atomic E-state index is 6.98. The summed E-state index contributed by atoms with van der Waals surface area (Å²) in [5.74, 6) is 0. The van der Waals surface area contributed by atoms with E-state index in [2.05, 4.69) is 543 Å². The fraction of sp³-hybridized carbons (Fsp3) is 0.0286. The summed E-state index contributed by atoms with van der Waals surface area (Å²) in [6.45, 7) is 4.35. The highest BCUT2D eigenvalue weighted by Crippen LogP contribution is 2.67. The summed E-state index contributed by atoms with van der Waals surface area (Å²) in [7, 11) is 0. The van der Waals surface area contributed by atoms with E-state index in [0.29, 0.717) is 0 Å². The summed E-state index contributed by atoms with van der Waals surface area (Å²) in [5.41, 5.74) is 34.4. The number of hydrogen-bond donors (Lipinski definition) is 0. The third kappa shape index (κ3) is 12.6. The van der Waals surface area contributed by atoms with E-state index in [1.54, 1.807) is 0 Å². The smallest absolute Gasteiger partial charge is 0.137 e. The van der Waals surface area contributed by atoms with Crippen molar-refractivity contribution in [3.63, 3.8) is 0 Å². The van der Waals surface area contributed by atoms with E-state index in [4.69, 9.17) is 17.7 Å². The summed E-state index contributed by atoms with van der Waals surface area (Å²) in [5, 5.41) is 17.2. The van der Waals surface area contributed by atoms with Crippen molar-refractivity contribution >= 4 is 199 Å². The second kappa shape index (κ2) is 33.2. The molecule has 2 aliphatic carbocycles. The number of para-hydroxylation sites is 6. The van der Waals surface area contributed by atoms with Crippen LogP contribution in [0.3, 0.4) is 0 Å². The quantitative estimate of drug-likeness (QED) is 0.0894. The van der Waals surface area contributed by atoms with Crippen LogP contribution < -0.4 is 19.6 Å². The molecular weight excluding hydrogens is 1800 g/mol. The maximum Gasteiger partial charge on any atom is 0.137 e. The van der Waals surface area contributed by atoms with Crippen LogP contribution >= 0.6 is 0 Å². The number of benzene rings is 24. The van der Waals surface area contributed by atoms with Crippen molar-refractivity contribution < 1.29 is 17.7 Å². The Bertz CT molecular complexity index is 10000. The number of aryl methyl sites for hydroxylation is 2. The molecular formula is C140H90N4O4. The van der Waals surface area contributed by atoms with E-state index in [1.807, 2.05) is 0 Å². The molecule has 24 aromatic carbocycles. The Kier molecular flexibility index (Phi) is 18.9. The number of furan rings is 4. The van der Waals surface area contributed by atoms with Gasteiger partial charge in [-0.05, 0) is 271 Å². The highest BCUT2D eigenvalue weighted by molar-refractivity contribution is 6.25. The number of nitrogens with zero attached hydrogens (tertiary/aromatic N) is 4. The molecule has 0 unspecified atom stereocenters. The first-order valence-electron chi connectivity index (χ1n) is 50.9. The lowest BCUT2D eigenvalue weighted by atomic mass is 9.66. The van der Waals surface area contributed by atoms with Crippen LogP contribution in [0.2, 0.25) is 0 Å². The number of fused-ring (bicyclic) bond motifs is 26. The van der Waals surface area contributed by atoms with Crippen LogP contribution in [0.1, 0.15) is 55.6 Å². The molecule has 148 heavy (non-hydrogen) atoms. The molecule has 0 aliphatic heterocycles. The van der Waals surface area contributed by atoms with Crippen molar-refractivity contribution in [1.29, 1.82) is 0 Å². The van der Waals surface area contributed by atoms with Crippen LogP contribution in [0.15, 0.2) is 527 Å². The van der Waals surface area contributed by atoms with Crippen molar-refractivity contribution in [3.8, 4) is 33.4 Å². The predicted molar refractivity (Wildman–Crippen MR) is 614 cm³/mol. The first kappa shape index (κ1) is 84.4. The van der Waals surface area contributed by atoms with E-state index >= 15 is 0 Å². The van der Waals surface area contributed by atoms with Gasteiger partial charge >= 0.3 is 0 Å². The number of hydrogen-bond acceptors (Lipinski definition) is 8. The molecule has 28 aromatic rings. The van der Waals surface area contributed by atoms with Gasteiger partial charge in [0.15, 0.2) is 0 Å². The first-order valence-corrected chi connectivity index (χ1v) is 50.9. The van der Waals surface area contributed by atoms with Crippen LogP contribution in [-0.4, -0.2) is 0 Å². The van der Waals surface area contributed by atoms with Crippen LogP contribution in [0.5, 0.6) is 0 Å². The van der Waals surface area contributed by atoms with Crippen molar-refractivity contribution in [2.24, 2.45) is 0 Å². The summed E-state index contributed by atoms with van der Waals surface area (Å²) in [4.78, 5) is 9.98. The highest BCUT2D eigenvalue weighted by atomic mass is 16.3. The van der Waals surface area contributed by atoms with Crippen LogP contribution in [0.4, 0.5) is 68.2 Å². The normalized spacial score (nSPS) is 12.9. The predicted octanol–water partition coefficient (Wildman–Crippen LogP) is 38.8. The third-order valence-electron chi connectivity index (χ3n) is 31.6. The molecule has 8 nitrogen and oxygen atoms in total. The topological polar surface area (TPSA) is 65.5 Å². The number of anilines is 12. The molecule has 8 heteroatoms. The second-order valence-electron chi connectivity index (χ2n) is 39.6. The van der Waals surface area contributed by atoms with Gasteiger partial charge in [-0.15, -0.1) is 0 Å². The van der Waals surface area contributed by atoms with Gasteiger partial charge in [0.05, 0.1) is 55.7 Å². The average molecular weight is 1890 g/mol. The molecule has 30 rings (SSSR count). The molecule has 4 heterocycles.